The average molecular weight is 338 g/mol. The summed E-state index contributed by atoms with van der Waals surface area (Å²) < 4.78 is 14.9. The van der Waals surface area contributed by atoms with Gasteiger partial charge in [-0.1, -0.05) is 0 Å². The number of anilines is 1. The molecule has 0 spiro atoms. The van der Waals surface area contributed by atoms with Gasteiger partial charge in [0.25, 0.3) is 0 Å². The monoisotopic (exact) mass is 339 g/mol. The van der Waals surface area contributed by atoms with Crippen molar-refractivity contribution in [1.82, 2.24) is 7.96 Å². The van der Waals surface area contributed by atoms with Gasteiger partial charge in [0, 0.05) is 0 Å². The van der Waals surface area contributed by atoms with Gasteiger partial charge in [-0.05, 0) is 0 Å². The average Bonchev–Trinajstić information content (AvgIpc) is 2.94. The van der Waals surface area contributed by atoms with Crippen molar-refractivity contribution in [1.29, 1.82) is 0 Å². The summed E-state index contributed by atoms with van der Waals surface area (Å²) >= 11 is 0.0294. The standard InChI is InChI=1S/C15H21N3OSe/c1-4-15(3)12(9-13(15)19-5-2)16-10-7-6-8-11-14(10)18-20-17-11/h6-8,12-13,16H,4-5,9H2,1-3H3. The van der Waals surface area contributed by atoms with Crippen LogP contribution in [0.1, 0.15) is 33.6 Å². The summed E-state index contributed by atoms with van der Waals surface area (Å²) in [6.45, 7) is 7.44. The first-order chi connectivity index (χ1) is 9.69. The summed E-state index contributed by atoms with van der Waals surface area (Å²) in [6.07, 6.45) is 2.57. The van der Waals surface area contributed by atoms with E-state index in [0.717, 1.165) is 36.2 Å². The molecule has 1 aromatic carbocycles. The molecule has 3 rings (SSSR count). The van der Waals surface area contributed by atoms with Gasteiger partial charge in [0.05, 0.1) is 0 Å². The number of rotatable bonds is 5. The molecule has 1 aliphatic carbocycles. The summed E-state index contributed by atoms with van der Waals surface area (Å²) in [7, 11) is 0. The molecule has 1 aliphatic rings. The Bertz CT molecular complexity index is 600. The van der Waals surface area contributed by atoms with Gasteiger partial charge in [0.15, 0.2) is 0 Å². The normalized spacial score (nSPS) is 29.4. The molecule has 1 heterocycles. The second-order valence-electron chi connectivity index (χ2n) is 5.67. The van der Waals surface area contributed by atoms with Crippen molar-refractivity contribution in [2.45, 2.75) is 45.8 Å². The minimum absolute atomic E-state index is 0.0294. The molecule has 0 saturated heterocycles. The van der Waals surface area contributed by atoms with E-state index in [1.165, 1.54) is 0 Å². The molecular formula is C15H21N3OSe. The SMILES string of the molecule is CCOC1CC(Nc2cccc3n[se]nc23)C1(C)CC. The van der Waals surface area contributed by atoms with Gasteiger partial charge in [-0.15, -0.1) is 0 Å². The molecule has 20 heavy (non-hydrogen) atoms. The van der Waals surface area contributed by atoms with E-state index in [-0.39, 0.29) is 20.4 Å². The molecule has 5 heteroatoms. The van der Waals surface area contributed by atoms with Crippen molar-refractivity contribution < 1.29 is 4.74 Å². The summed E-state index contributed by atoms with van der Waals surface area (Å²) in [4.78, 5) is 0. The fourth-order valence-corrected chi connectivity index (χ4v) is 4.24. The molecule has 0 amide bonds. The second-order valence-corrected chi connectivity index (χ2v) is 6.78. The Morgan fingerprint density at radius 3 is 3.00 bits per heavy atom. The Kier molecular flexibility index (Phi) is 3.85. The number of fused-ring (bicyclic) bond motifs is 1. The van der Waals surface area contributed by atoms with E-state index < -0.39 is 0 Å². The fraction of sp³-hybridized carbons (Fsp3) is 0.600. The Morgan fingerprint density at radius 2 is 2.25 bits per heavy atom. The van der Waals surface area contributed by atoms with Crippen LogP contribution in [0.4, 0.5) is 5.69 Å². The van der Waals surface area contributed by atoms with Crippen LogP contribution in [0.25, 0.3) is 11.0 Å². The summed E-state index contributed by atoms with van der Waals surface area (Å²) in [5, 5.41) is 3.68. The molecule has 1 saturated carbocycles. The van der Waals surface area contributed by atoms with Crippen LogP contribution in [0, 0.1) is 5.41 Å². The van der Waals surface area contributed by atoms with Crippen LogP contribution in [0.2, 0.25) is 0 Å². The van der Waals surface area contributed by atoms with Gasteiger partial charge in [0.2, 0.25) is 0 Å². The van der Waals surface area contributed by atoms with Crippen LogP contribution < -0.4 is 5.32 Å². The zero-order valence-corrected chi connectivity index (χ0v) is 13.9. The Morgan fingerprint density at radius 1 is 1.40 bits per heavy atom. The minimum atomic E-state index is 0.0294. The van der Waals surface area contributed by atoms with Crippen LogP contribution >= 0.6 is 0 Å². The Labute approximate surface area is 126 Å². The van der Waals surface area contributed by atoms with Gasteiger partial charge in [-0.25, -0.2) is 0 Å². The number of aromatic nitrogens is 2. The third kappa shape index (κ3) is 2.18. The van der Waals surface area contributed by atoms with E-state index in [0.29, 0.717) is 12.1 Å². The van der Waals surface area contributed by atoms with Gasteiger partial charge in [-0.3, -0.25) is 0 Å². The molecule has 1 aromatic heterocycles. The number of benzene rings is 1. The van der Waals surface area contributed by atoms with Gasteiger partial charge in [0.1, 0.15) is 0 Å². The Balaban J connectivity index is 1.80. The van der Waals surface area contributed by atoms with Crippen molar-refractivity contribution >= 4 is 31.7 Å². The molecule has 1 N–H and O–H groups in total. The maximum atomic E-state index is 5.87. The first kappa shape index (κ1) is 14.1. The molecule has 4 nitrogen and oxygen atoms in total. The molecule has 1 fully saturated rings. The molecule has 0 bridgehead atoms. The second kappa shape index (κ2) is 5.47. The molecule has 2 aromatic rings. The predicted octanol–water partition coefficient (Wildman–Crippen LogP) is 2.69. The van der Waals surface area contributed by atoms with Crippen molar-refractivity contribution in [2.24, 2.45) is 5.41 Å². The quantitative estimate of drug-likeness (QED) is 0.852. The molecule has 0 radical (unpaired) electrons. The van der Waals surface area contributed by atoms with Gasteiger partial charge in [-0.2, -0.15) is 0 Å². The molecular weight excluding hydrogens is 317 g/mol. The summed E-state index contributed by atoms with van der Waals surface area (Å²) in [5.74, 6) is 0. The number of hydrogen-bond donors (Lipinski definition) is 1. The third-order valence-corrected chi connectivity index (χ3v) is 5.87. The van der Waals surface area contributed by atoms with E-state index in [2.05, 4.69) is 46.2 Å². The summed E-state index contributed by atoms with van der Waals surface area (Å²) in [5.41, 5.74) is 3.42. The number of hydrogen-bond acceptors (Lipinski definition) is 4. The zero-order chi connectivity index (χ0) is 14.2. The van der Waals surface area contributed by atoms with Crippen molar-refractivity contribution in [3.05, 3.63) is 18.2 Å². The molecule has 3 unspecified atom stereocenters. The van der Waals surface area contributed by atoms with Crippen molar-refractivity contribution in [3.63, 3.8) is 0 Å². The Hall–Kier alpha value is -0.901. The van der Waals surface area contributed by atoms with Gasteiger partial charge >= 0.3 is 126 Å². The fourth-order valence-electron chi connectivity index (χ4n) is 3.08. The van der Waals surface area contributed by atoms with Crippen molar-refractivity contribution in [2.75, 3.05) is 11.9 Å². The predicted molar refractivity (Wildman–Crippen MR) is 82.3 cm³/mol. The van der Waals surface area contributed by atoms with Gasteiger partial charge < -0.3 is 0 Å². The van der Waals surface area contributed by atoms with Crippen LogP contribution in [0.5, 0.6) is 0 Å². The molecule has 0 aliphatic heterocycles. The van der Waals surface area contributed by atoms with E-state index in [9.17, 15) is 0 Å². The first-order valence-corrected chi connectivity index (χ1v) is 8.81. The first-order valence-electron chi connectivity index (χ1n) is 7.28. The van der Waals surface area contributed by atoms with Crippen molar-refractivity contribution in [3.8, 4) is 0 Å². The number of ether oxygens (including phenoxy) is 1. The molecule has 3 atom stereocenters. The topological polar surface area (TPSA) is 47.0 Å². The summed E-state index contributed by atoms with van der Waals surface area (Å²) in [6, 6.07) is 6.67. The van der Waals surface area contributed by atoms with Crippen LogP contribution in [0.3, 0.4) is 0 Å². The van der Waals surface area contributed by atoms with E-state index >= 15 is 0 Å². The van der Waals surface area contributed by atoms with Crippen LogP contribution in [-0.4, -0.2) is 41.7 Å². The van der Waals surface area contributed by atoms with E-state index in [1.54, 1.807) is 0 Å². The number of nitrogens with one attached hydrogen (secondary N) is 1. The third-order valence-electron chi connectivity index (χ3n) is 4.73. The van der Waals surface area contributed by atoms with E-state index in [4.69, 9.17) is 4.74 Å². The number of nitrogens with zero attached hydrogens (tertiary/aromatic N) is 2. The maximum absolute atomic E-state index is 5.87. The zero-order valence-electron chi connectivity index (χ0n) is 12.2. The van der Waals surface area contributed by atoms with E-state index in [1.807, 2.05) is 6.07 Å². The van der Waals surface area contributed by atoms with Crippen LogP contribution in [-0.2, 0) is 4.74 Å². The van der Waals surface area contributed by atoms with Crippen LogP contribution in [0.15, 0.2) is 18.2 Å². The molecule has 108 valence electrons.